The summed E-state index contributed by atoms with van der Waals surface area (Å²) in [7, 11) is 0. The number of hydrogen-bond acceptors (Lipinski definition) is 7. The fourth-order valence-corrected chi connectivity index (χ4v) is 2.82. The summed E-state index contributed by atoms with van der Waals surface area (Å²) in [4.78, 5) is 38.7. The van der Waals surface area contributed by atoms with E-state index in [1.807, 2.05) is 6.92 Å². The highest BCUT2D eigenvalue weighted by Gasteiger charge is 2.54. The largest absolute Gasteiger partial charge is 0.459 e. The van der Waals surface area contributed by atoms with Crippen molar-refractivity contribution in [3.63, 3.8) is 0 Å². The third kappa shape index (κ3) is 3.54. The lowest BCUT2D eigenvalue weighted by Crippen LogP contribution is -2.27. The highest BCUT2D eigenvalue weighted by Crippen LogP contribution is 2.34. The third-order valence-corrected chi connectivity index (χ3v) is 4.07. The van der Waals surface area contributed by atoms with Crippen molar-refractivity contribution in [2.45, 2.75) is 32.9 Å². The van der Waals surface area contributed by atoms with Gasteiger partial charge in [-0.15, -0.1) is 11.3 Å². The van der Waals surface area contributed by atoms with E-state index in [4.69, 9.17) is 4.74 Å². The van der Waals surface area contributed by atoms with Crippen LogP contribution in [0.15, 0.2) is 5.38 Å². The van der Waals surface area contributed by atoms with Gasteiger partial charge < -0.3 is 4.74 Å². The Morgan fingerprint density at radius 3 is 2.86 bits per heavy atom. The Kier molecular flexibility index (Phi) is 4.51. The summed E-state index contributed by atoms with van der Waals surface area (Å²) in [5, 5.41) is 12.7. The molecule has 1 aliphatic carbocycles. The van der Waals surface area contributed by atoms with Crippen LogP contribution in [0.5, 0.6) is 0 Å². The predicted octanol–water partition coefficient (Wildman–Crippen LogP) is 1.22. The van der Waals surface area contributed by atoms with Crippen LogP contribution < -0.4 is 4.90 Å². The van der Waals surface area contributed by atoms with Crippen molar-refractivity contribution in [3.05, 3.63) is 21.2 Å². The number of nitrogens with zero attached hydrogens (tertiary/aromatic N) is 3. The molecule has 0 radical (unpaired) electrons. The van der Waals surface area contributed by atoms with Crippen molar-refractivity contribution in [1.82, 2.24) is 4.98 Å². The van der Waals surface area contributed by atoms with Crippen molar-refractivity contribution in [2.75, 3.05) is 11.4 Å². The van der Waals surface area contributed by atoms with Crippen LogP contribution in [0.2, 0.25) is 0 Å². The predicted molar refractivity (Wildman–Crippen MR) is 74.5 cm³/mol. The average Bonchev–Trinajstić information content (AvgIpc) is 3.11. The molecule has 1 heterocycles. The van der Waals surface area contributed by atoms with Crippen LogP contribution in [0.3, 0.4) is 0 Å². The maximum Gasteiger partial charge on any atom is 0.316 e. The molecule has 2 rings (SSSR count). The molecule has 9 heteroatoms. The van der Waals surface area contributed by atoms with Crippen LogP contribution in [0.25, 0.3) is 0 Å². The molecule has 1 aliphatic rings. The highest BCUT2D eigenvalue weighted by atomic mass is 32.1. The molecule has 0 aliphatic heterocycles. The minimum Gasteiger partial charge on any atom is -0.459 e. The van der Waals surface area contributed by atoms with Crippen molar-refractivity contribution < 1.29 is 19.2 Å². The summed E-state index contributed by atoms with van der Waals surface area (Å²) in [6.45, 7) is 3.77. The number of anilines is 1. The molecule has 1 aromatic rings. The second-order valence-electron chi connectivity index (χ2n) is 4.69. The van der Waals surface area contributed by atoms with Gasteiger partial charge in [0.2, 0.25) is 11.9 Å². The maximum absolute atomic E-state index is 11.6. The van der Waals surface area contributed by atoms with E-state index >= 15 is 0 Å². The van der Waals surface area contributed by atoms with Crippen LogP contribution in [0, 0.1) is 16.0 Å². The molecule has 0 aromatic carbocycles. The number of nitro groups is 1. The van der Waals surface area contributed by atoms with E-state index < -0.39 is 22.9 Å². The number of aromatic nitrogens is 1. The maximum atomic E-state index is 11.6. The fourth-order valence-electron chi connectivity index (χ4n) is 1.90. The normalized spacial score (nSPS) is 19.9. The summed E-state index contributed by atoms with van der Waals surface area (Å²) in [5.74, 6) is -1.31. The summed E-state index contributed by atoms with van der Waals surface area (Å²) in [5.41, 5.74) is 0.529. The minimum atomic E-state index is -0.809. The Hall–Kier alpha value is -2.03. The molecule has 1 fully saturated rings. The highest BCUT2D eigenvalue weighted by molar-refractivity contribution is 7.14. The van der Waals surface area contributed by atoms with Gasteiger partial charge in [-0.3, -0.25) is 24.6 Å². The van der Waals surface area contributed by atoms with E-state index in [2.05, 4.69) is 4.98 Å². The number of hydrogen-bond donors (Lipinski definition) is 0. The smallest absolute Gasteiger partial charge is 0.316 e. The molecule has 2 unspecified atom stereocenters. The SMILES string of the molecule is CCN(C(C)=O)c1nc(COC(=O)C2CC2[N+](=O)[O-])cs1. The van der Waals surface area contributed by atoms with Crippen LogP contribution >= 0.6 is 11.3 Å². The van der Waals surface area contributed by atoms with Gasteiger partial charge in [-0.25, -0.2) is 4.98 Å². The van der Waals surface area contributed by atoms with Crippen molar-refractivity contribution in [1.29, 1.82) is 0 Å². The van der Waals surface area contributed by atoms with E-state index in [0.29, 0.717) is 17.4 Å². The van der Waals surface area contributed by atoms with Gasteiger partial charge in [0.05, 0.1) is 5.69 Å². The van der Waals surface area contributed by atoms with Crippen LogP contribution in [-0.2, 0) is 20.9 Å². The van der Waals surface area contributed by atoms with E-state index in [0.717, 1.165) is 0 Å². The first-order chi connectivity index (χ1) is 9.93. The number of thiazole rings is 1. The molecule has 0 N–H and O–H groups in total. The van der Waals surface area contributed by atoms with Crippen LogP contribution in [0.1, 0.15) is 26.0 Å². The standard InChI is InChI=1S/C12H15N3O5S/c1-3-14(7(2)16)12-13-8(6-21-12)5-20-11(17)9-4-10(9)15(18)19/h6,9-10H,3-5H2,1-2H3. The summed E-state index contributed by atoms with van der Waals surface area (Å²) >= 11 is 1.29. The minimum absolute atomic E-state index is 0.0360. The van der Waals surface area contributed by atoms with Gasteiger partial charge in [-0.05, 0) is 6.92 Å². The molecule has 114 valence electrons. The third-order valence-electron chi connectivity index (χ3n) is 3.16. The lowest BCUT2D eigenvalue weighted by Gasteiger charge is -2.14. The first kappa shape index (κ1) is 15.4. The lowest BCUT2D eigenvalue weighted by atomic mass is 10.4. The molecule has 0 spiro atoms. The zero-order valence-electron chi connectivity index (χ0n) is 11.6. The lowest BCUT2D eigenvalue weighted by molar-refractivity contribution is -0.497. The molecule has 2 atom stereocenters. The fraction of sp³-hybridized carbons (Fsp3) is 0.583. The zero-order chi connectivity index (χ0) is 15.6. The second kappa shape index (κ2) is 6.17. The Labute approximate surface area is 124 Å². The first-order valence-electron chi connectivity index (χ1n) is 6.46. The number of rotatable bonds is 6. The van der Waals surface area contributed by atoms with Crippen LogP contribution in [0.4, 0.5) is 5.13 Å². The van der Waals surface area contributed by atoms with E-state index in [1.165, 1.54) is 23.2 Å². The Morgan fingerprint density at radius 1 is 1.62 bits per heavy atom. The molecule has 1 saturated carbocycles. The Balaban J connectivity index is 1.87. The van der Waals surface area contributed by atoms with E-state index in [9.17, 15) is 19.7 Å². The van der Waals surface area contributed by atoms with Gasteiger partial charge in [0.1, 0.15) is 12.5 Å². The number of amides is 1. The molecule has 8 nitrogen and oxygen atoms in total. The summed E-state index contributed by atoms with van der Waals surface area (Å²) in [6, 6.07) is -0.809. The van der Waals surface area contributed by atoms with E-state index in [-0.39, 0.29) is 18.9 Å². The monoisotopic (exact) mass is 313 g/mol. The number of carbonyl (C=O) groups excluding carboxylic acids is 2. The molecular weight excluding hydrogens is 298 g/mol. The van der Waals surface area contributed by atoms with E-state index in [1.54, 1.807) is 5.38 Å². The second-order valence-corrected chi connectivity index (χ2v) is 5.52. The molecule has 1 amide bonds. The number of carbonyl (C=O) groups is 2. The zero-order valence-corrected chi connectivity index (χ0v) is 12.5. The quantitative estimate of drug-likeness (QED) is 0.444. The Bertz CT molecular complexity index is 573. The van der Waals surface area contributed by atoms with Crippen LogP contribution in [-0.4, -0.2) is 34.4 Å². The van der Waals surface area contributed by atoms with Gasteiger partial charge in [-0.2, -0.15) is 0 Å². The molecule has 1 aromatic heterocycles. The molecule has 0 bridgehead atoms. The Morgan fingerprint density at radius 2 is 2.33 bits per heavy atom. The van der Waals surface area contributed by atoms with Crippen molar-refractivity contribution >= 4 is 28.3 Å². The summed E-state index contributed by atoms with van der Waals surface area (Å²) < 4.78 is 5.02. The van der Waals surface area contributed by atoms with Gasteiger partial charge >= 0.3 is 5.97 Å². The van der Waals surface area contributed by atoms with Gasteiger partial charge in [0.25, 0.3) is 0 Å². The van der Waals surface area contributed by atoms with Crippen molar-refractivity contribution in [3.8, 4) is 0 Å². The molecule has 21 heavy (non-hydrogen) atoms. The van der Waals surface area contributed by atoms with Gasteiger partial charge in [-0.1, -0.05) is 0 Å². The summed E-state index contributed by atoms with van der Waals surface area (Å²) in [6.07, 6.45) is 0.238. The first-order valence-corrected chi connectivity index (χ1v) is 7.34. The average molecular weight is 313 g/mol. The molecular formula is C12H15N3O5S. The van der Waals surface area contributed by atoms with Gasteiger partial charge in [0.15, 0.2) is 5.13 Å². The number of ether oxygens (including phenoxy) is 1. The topological polar surface area (TPSA) is 103 Å². The van der Waals surface area contributed by atoms with Gasteiger partial charge in [0, 0.05) is 30.2 Å². The number of esters is 1. The molecule has 0 saturated heterocycles. The van der Waals surface area contributed by atoms with Crippen molar-refractivity contribution in [2.24, 2.45) is 5.92 Å².